The molecular formula is C14H15ClFN3O. The summed E-state index contributed by atoms with van der Waals surface area (Å²) in [6.45, 7) is 0. The molecule has 2 N–H and O–H groups in total. The number of nitrogens with zero attached hydrogens (tertiary/aromatic N) is 2. The molecule has 0 atom stereocenters. The van der Waals surface area contributed by atoms with Gasteiger partial charge in [-0.3, -0.25) is 0 Å². The molecule has 4 nitrogen and oxygen atoms in total. The number of benzene rings is 1. The lowest BCUT2D eigenvalue weighted by Gasteiger charge is -2.29. The first kappa shape index (κ1) is 13.5. The molecular weight excluding hydrogens is 281 g/mol. The van der Waals surface area contributed by atoms with Crippen LogP contribution in [0, 0.1) is 5.82 Å². The van der Waals surface area contributed by atoms with E-state index in [0.29, 0.717) is 11.4 Å². The van der Waals surface area contributed by atoms with Crippen molar-refractivity contribution in [1.82, 2.24) is 10.1 Å². The molecule has 1 aromatic heterocycles. The number of hydrogen-bond donors (Lipinski definition) is 1. The number of rotatable bonds is 2. The van der Waals surface area contributed by atoms with Gasteiger partial charge in [0.15, 0.2) is 5.82 Å². The maximum atomic E-state index is 13.5. The Kier molecular flexibility index (Phi) is 3.48. The van der Waals surface area contributed by atoms with Crippen LogP contribution in [-0.4, -0.2) is 10.1 Å². The topological polar surface area (TPSA) is 64.9 Å². The fourth-order valence-corrected chi connectivity index (χ4v) is 2.70. The number of halogens is 2. The molecule has 106 valence electrons. The highest BCUT2D eigenvalue weighted by Crippen LogP contribution is 2.34. The predicted octanol–water partition coefficient (Wildman–Crippen LogP) is 3.65. The lowest BCUT2D eigenvalue weighted by atomic mass is 9.82. The van der Waals surface area contributed by atoms with Crippen LogP contribution >= 0.6 is 11.6 Å². The minimum Gasteiger partial charge on any atom is -0.334 e. The second kappa shape index (κ2) is 5.14. The van der Waals surface area contributed by atoms with Crippen LogP contribution in [0.15, 0.2) is 22.7 Å². The van der Waals surface area contributed by atoms with Gasteiger partial charge >= 0.3 is 0 Å². The summed E-state index contributed by atoms with van der Waals surface area (Å²) in [5.74, 6) is 0.262. The monoisotopic (exact) mass is 295 g/mol. The predicted molar refractivity (Wildman–Crippen MR) is 73.7 cm³/mol. The molecule has 0 spiro atoms. The summed E-state index contributed by atoms with van der Waals surface area (Å²) in [5, 5.41) is 4.04. The molecule has 0 saturated heterocycles. The van der Waals surface area contributed by atoms with Crippen LogP contribution in [0.5, 0.6) is 0 Å². The van der Waals surface area contributed by atoms with E-state index in [-0.39, 0.29) is 10.9 Å². The Morgan fingerprint density at radius 1 is 1.25 bits per heavy atom. The Morgan fingerprint density at radius 3 is 2.70 bits per heavy atom. The fourth-order valence-electron chi connectivity index (χ4n) is 2.58. The molecule has 0 amide bonds. The summed E-state index contributed by atoms with van der Waals surface area (Å²) in [6.07, 6.45) is 5.01. The van der Waals surface area contributed by atoms with E-state index < -0.39 is 11.4 Å². The van der Waals surface area contributed by atoms with E-state index in [1.54, 1.807) is 6.07 Å². The van der Waals surface area contributed by atoms with Gasteiger partial charge in [-0.1, -0.05) is 36.0 Å². The average molecular weight is 296 g/mol. The van der Waals surface area contributed by atoms with Crippen LogP contribution in [0.25, 0.3) is 11.5 Å². The molecule has 1 heterocycles. The summed E-state index contributed by atoms with van der Waals surface area (Å²) in [6, 6.07) is 4.39. The summed E-state index contributed by atoms with van der Waals surface area (Å²) in [5.41, 5.74) is 6.33. The molecule has 1 aliphatic rings. The molecule has 6 heteroatoms. The van der Waals surface area contributed by atoms with Crippen LogP contribution in [-0.2, 0) is 5.54 Å². The van der Waals surface area contributed by atoms with Crippen molar-refractivity contribution in [2.45, 2.75) is 37.6 Å². The summed E-state index contributed by atoms with van der Waals surface area (Å²) in [4.78, 5) is 4.33. The zero-order valence-corrected chi connectivity index (χ0v) is 11.7. The first-order chi connectivity index (χ1) is 9.58. The van der Waals surface area contributed by atoms with Gasteiger partial charge in [-0.25, -0.2) is 4.39 Å². The molecule has 20 heavy (non-hydrogen) atoms. The quantitative estimate of drug-likeness (QED) is 0.918. The fraction of sp³-hybridized carbons (Fsp3) is 0.429. The third-order valence-corrected chi connectivity index (χ3v) is 4.09. The van der Waals surface area contributed by atoms with Crippen LogP contribution in [0.1, 0.15) is 37.9 Å². The second-order valence-electron chi connectivity index (χ2n) is 5.27. The van der Waals surface area contributed by atoms with Gasteiger partial charge in [-0.2, -0.15) is 4.98 Å². The molecule has 0 unspecified atom stereocenters. The van der Waals surface area contributed by atoms with E-state index in [0.717, 1.165) is 25.7 Å². The Balaban J connectivity index is 1.91. The van der Waals surface area contributed by atoms with Gasteiger partial charge in [-0.15, -0.1) is 0 Å². The van der Waals surface area contributed by atoms with Gasteiger partial charge in [-0.05, 0) is 31.0 Å². The van der Waals surface area contributed by atoms with Crippen LogP contribution in [0.3, 0.4) is 0 Å². The van der Waals surface area contributed by atoms with Crippen molar-refractivity contribution in [1.29, 1.82) is 0 Å². The maximum Gasteiger partial charge on any atom is 0.258 e. The SMILES string of the molecule is NC1(c2noc(-c3ccc(Cl)c(F)c3)n2)CCCCC1. The average Bonchev–Trinajstić information content (AvgIpc) is 2.93. The summed E-state index contributed by atoms with van der Waals surface area (Å²) >= 11 is 5.66. The molecule has 1 aliphatic carbocycles. The highest BCUT2D eigenvalue weighted by molar-refractivity contribution is 6.30. The van der Waals surface area contributed by atoms with E-state index in [1.165, 1.54) is 18.6 Å². The van der Waals surface area contributed by atoms with Crippen LogP contribution in [0.2, 0.25) is 5.02 Å². The molecule has 1 saturated carbocycles. The van der Waals surface area contributed by atoms with E-state index >= 15 is 0 Å². The van der Waals surface area contributed by atoms with Crippen molar-refractivity contribution >= 4 is 11.6 Å². The van der Waals surface area contributed by atoms with Gasteiger partial charge < -0.3 is 10.3 Å². The van der Waals surface area contributed by atoms with Gasteiger partial charge in [0.2, 0.25) is 0 Å². The normalized spacial score (nSPS) is 18.1. The third kappa shape index (κ3) is 2.43. The van der Waals surface area contributed by atoms with Crippen molar-refractivity contribution < 1.29 is 8.91 Å². The van der Waals surface area contributed by atoms with E-state index in [1.807, 2.05) is 0 Å². The van der Waals surface area contributed by atoms with Crippen molar-refractivity contribution in [2.24, 2.45) is 5.73 Å². The third-order valence-electron chi connectivity index (χ3n) is 3.78. The number of aromatic nitrogens is 2. The number of nitrogens with two attached hydrogens (primary N) is 1. The first-order valence-electron chi connectivity index (χ1n) is 6.67. The lowest BCUT2D eigenvalue weighted by molar-refractivity contribution is 0.275. The van der Waals surface area contributed by atoms with E-state index in [9.17, 15) is 4.39 Å². The van der Waals surface area contributed by atoms with Gasteiger partial charge in [0, 0.05) is 5.56 Å². The lowest BCUT2D eigenvalue weighted by Crippen LogP contribution is -2.39. The Labute approximate surface area is 121 Å². The summed E-state index contributed by atoms with van der Waals surface area (Å²) < 4.78 is 18.7. The Hall–Kier alpha value is -1.46. The van der Waals surface area contributed by atoms with Crippen molar-refractivity contribution in [3.05, 3.63) is 34.9 Å². The van der Waals surface area contributed by atoms with E-state index in [2.05, 4.69) is 10.1 Å². The van der Waals surface area contributed by atoms with E-state index in [4.69, 9.17) is 21.9 Å². The largest absolute Gasteiger partial charge is 0.334 e. The van der Waals surface area contributed by atoms with Crippen molar-refractivity contribution in [3.63, 3.8) is 0 Å². The molecule has 2 aromatic rings. The van der Waals surface area contributed by atoms with Gasteiger partial charge in [0.05, 0.1) is 10.6 Å². The van der Waals surface area contributed by atoms with Gasteiger partial charge in [0.1, 0.15) is 5.82 Å². The van der Waals surface area contributed by atoms with Crippen LogP contribution in [0.4, 0.5) is 4.39 Å². The standard InChI is InChI=1S/C14H15ClFN3O/c15-10-5-4-9(8-11(10)16)12-18-13(19-20-12)14(17)6-2-1-3-7-14/h4-5,8H,1-3,6-7,17H2. The second-order valence-corrected chi connectivity index (χ2v) is 5.68. The molecule has 0 radical (unpaired) electrons. The molecule has 0 bridgehead atoms. The highest BCUT2D eigenvalue weighted by Gasteiger charge is 2.34. The zero-order valence-electron chi connectivity index (χ0n) is 10.9. The number of hydrogen-bond acceptors (Lipinski definition) is 4. The molecule has 0 aliphatic heterocycles. The maximum absolute atomic E-state index is 13.5. The van der Waals surface area contributed by atoms with Crippen molar-refractivity contribution in [3.8, 4) is 11.5 Å². The highest BCUT2D eigenvalue weighted by atomic mass is 35.5. The summed E-state index contributed by atoms with van der Waals surface area (Å²) in [7, 11) is 0. The molecule has 1 aromatic carbocycles. The smallest absolute Gasteiger partial charge is 0.258 e. The van der Waals surface area contributed by atoms with Crippen molar-refractivity contribution in [2.75, 3.05) is 0 Å². The Bertz CT molecular complexity index is 623. The molecule has 3 rings (SSSR count). The zero-order chi connectivity index (χ0) is 14.2. The first-order valence-corrected chi connectivity index (χ1v) is 7.05. The van der Waals surface area contributed by atoms with Crippen LogP contribution < -0.4 is 5.73 Å². The Morgan fingerprint density at radius 2 is 2.00 bits per heavy atom. The van der Waals surface area contributed by atoms with Gasteiger partial charge in [0.25, 0.3) is 5.89 Å². The minimum absolute atomic E-state index is 0.0658. The molecule has 1 fully saturated rings. The minimum atomic E-state index is -0.523.